The third-order valence-corrected chi connectivity index (χ3v) is 3.10. The van der Waals surface area contributed by atoms with Gasteiger partial charge in [-0.3, -0.25) is 0 Å². The Hall–Kier alpha value is -4.22. The number of carboxylic acid groups (broad SMARTS) is 1. The summed E-state index contributed by atoms with van der Waals surface area (Å²) in [5, 5.41) is 30.3. The topological polar surface area (TPSA) is 116 Å². The molecule has 2 aromatic rings. The normalized spacial score (nSPS) is 11.0. The molecule has 2 aromatic carbocycles. The SMILES string of the molecule is O=[C-]NC(c1ccc(OCC(=O)O)cc1)c1ccc(O)cc1O.[Fm]. The number of phenolic OH excluding ortho intramolecular Hbond substituents is 2. The number of carbonyl (C=O) groups is 1. The Bertz CT molecular complexity index is 704. The van der Waals surface area contributed by atoms with Gasteiger partial charge in [-0.2, -0.15) is 6.41 Å². The van der Waals surface area contributed by atoms with Gasteiger partial charge in [0.25, 0.3) is 0 Å². The van der Waals surface area contributed by atoms with Crippen LogP contribution in [0, 0.1) is 0 Å². The molecule has 8 heteroatoms. The van der Waals surface area contributed by atoms with Crippen LogP contribution in [0.25, 0.3) is 0 Å². The fraction of sp³-hybridized carbons (Fsp3) is 0.125. The number of ether oxygens (including phenoxy) is 1. The van der Waals surface area contributed by atoms with E-state index in [1.165, 1.54) is 18.2 Å². The largest absolute Gasteiger partial charge is 0.520 e. The Labute approximate surface area is 131 Å². The van der Waals surface area contributed by atoms with Crippen LogP contribution in [0.5, 0.6) is 17.2 Å². The zero-order valence-corrected chi connectivity index (χ0v) is 14.6. The quantitative estimate of drug-likeness (QED) is 0.294. The van der Waals surface area contributed by atoms with E-state index < -0.39 is 18.6 Å². The summed E-state index contributed by atoms with van der Waals surface area (Å²) in [5.41, 5.74) is 1.00. The third-order valence-electron chi connectivity index (χ3n) is 3.10. The standard InChI is InChI=1S/C16H14NO6.Fm/c18-9-17-16(13-6-3-11(19)7-14(13)20)10-1-4-12(5-2-10)23-8-15(21)22;/h1-7,16,19-20H,8H2,(H,17,18)(H,21,22);/q-1;. The summed E-state index contributed by atoms with van der Waals surface area (Å²) >= 11 is 0. The van der Waals surface area contributed by atoms with Gasteiger partial charge in [-0.1, -0.05) is 12.1 Å². The van der Waals surface area contributed by atoms with Crippen molar-refractivity contribution in [3.8, 4) is 17.2 Å². The molecule has 0 aliphatic heterocycles. The maximum atomic E-state index is 10.7. The van der Waals surface area contributed by atoms with Crippen molar-refractivity contribution in [2.45, 2.75) is 6.04 Å². The maximum Gasteiger partial charge on any atom is 0.341 e. The number of hydrogen-bond acceptors (Lipinski definition) is 5. The number of phenols is 2. The molecule has 0 aliphatic carbocycles. The Balaban J connectivity index is 0.00000288. The Kier molecular flexibility index (Phi) is 5.72. The number of carboxylic acids is 1. The first-order valence-electron chi connectivity index (χ1n) is 6.60. The summed E-state index contributed by atoms with van der Waals surface area (Å²) in [6.07, 6.45) is 1.58. The van der Waals surface area contributed by atoms with Crippen molar-refractivity contribution in [3.63, 3.8) is 0 Å². The van der Waals surface area contributed by atoms with Gasteiger partial charge in [-0.05, 0) is 29.8 Å². The monoisotopic (exact) mass is 573 g/mol. The minimum atomic E-state index is -1.09. The van der Waals surface area contributed by atoms with Crippen molar-refractivity contribution in [2.24, 2.45) is 0 Å². The Morgan fingerprint density at radius 3 is 2.38 bits per heavy atom. The summed E-state index contributed by atoms with van der Waals surface area (Å²) in [6, 6.07) is 9.70. The number of benzene rings is 2. The van der Waals surface area contributed by atoms with Crippen LogP contribution >= 0.6 is 0 Å². The first-order chi connectivity index (χ1) is 11.0. The van der Waals surface area contributed by atoms with E-state index >= 15 is 0 Å². The van der Waals surface area contributed by atoms with Crippen LogP contribution < -0.4 is 10.1 Å². The minimum absolute atomic E-state index is 0. The molecule has 0 aromatic heterocycles. The summed E-state index contributed by atoms with van der Waals surface area (Å²) in [6.45, 7) is -0.456. The molecule has 1 atom stereocenters. The van der Waals surface area contributed by atoms with E-state index in [1.807, 2.05) is 0 Å². The van der Waals surface area contributed by atoms with Gasteiger partial charge in [-0.15, -0.1) is 0 Å². The van der Waals surface area contributed by atoms with E-state index in [9.17, 15) is 19.8 Å². The van der Waals surface area contributed by atoms with Crippen LogP contribution in [0.2, 0.25) is 0 Å². The molecular weight excluding hydrogens is 559 g/mol. The van der Waals surface area contributed by atoms with Crippen LogP contribution in [0.4, 0.5) is 0 Å². The summed E-state index contributed by atoms with van der Waals surface area (Å²) in [4.78, 5) is 21.2. The van der Waals surface area contributed by atoms with Gasteiger partial charge in [0, 0.05) is 11.6 Å². The van der Waals surface area contributed by atoms with E-state index in [-0.39, 0.29) is 11.5 Å². The second-order valence-electron chi connectivity index (χ2n) is 4.67. The number of aliphatic carboxylic acids is 1. The van der Waals surface area contributed by atoms with Gasteiger partial charge in [0.15, 0.2) is 6.61 Å². The van der Waals surface area contributed by atoms with Gasteiger partial charge in [-0.25, -0.2) is 4.79 Å². The number of amides is 1. The second-order valence-corrected chi connectivity index (χ2v) is 4.67. The van der Waals surface area contributed by atoms with Crippen molar-refractivity contribution in [2.75, 3.05) is 6.61 Å². The van der Waals surface area contributed by atoms with Gasteiger partial charge in [0.2, 0.25) is 0 Å². The molecule has 1 amide bonds. The molecule has 0 saturated carbocycles. The molecule has 0 bridgehead atoms. The summed E-state index contributed by atoms with van der Waals surface area (Å²) < 4.78 is 5.03. The van der Waals surface area contributed by atoms with E-state index in [0.717, 1.165) is 0 Å². The van der Waals surface area contributed by atoms with Crippen LogP contribution in [0.3, 0.4) is 0 Å². The molecular formula is C16H14FmNO6-. The Morgan fingerprint density at radius 1 is 1.17 bits per heavy atom. The molecule has 0 radical (unpaired) electrons. The van der Waals surface area contributed by atoms with Crippen LogP contribution in [-0.2, 0) is 9.59 Å². The average molecular weight is 573 g/mol. The van der Waals surface area contributed by atoms with E-state index in [2.05, 4.69) is 5.32 Å². The summed E-state index contributed by atoms with van der Waals surface area (Å²) in [5.74, 6) is -1.00. The predicted octanol–water partition coefficient (Wildman–Crippen LogP) is 1.31. The second kappa shape index (κ2) is 7.69. The van der Waals surface area contributed by atoms with Crippen molar-refractivity contribution in [1.82, 2.24) is 5.32 Å². The molecule has 7 nitrogen and oxygen atoms in total. The van der Waals surface area contributed by atoms with Crippen LogP contribution in [0.15, 0.2) is 42.5 Å². The van der Waals surface area contributed by atoms with E-state index in [0.29, 0.717) is 16.9 Å². The number of aromatic hydroxyl groups is 2. The van der Waals surface area contributed by atoms with Crippen molar-refractivity contribution >= 4 is 12.4 Å². The molecule has 0 fully saturated rings. The maximum absolute atomic E-state index is 10.7. The minimum Gasteiger partial charge on any atom is -0.520 e. The van der Waals surface area contributed by atoms with E-state index in [4.69, 9.17) is 9.84 Å². The smallest absolute Gasteiger partial charge is 0.341 e. The number of rotatable bonds is 7. The summed E-state index contributed by atoms with van der Waals surface area (Å²) in [7, 11) is 0. The van der Waals surface area contributed by atoms with Crippen molar-refractivity contribution in [1.29, 1.82) is 0 Å². The van der Waals surface area contributed by atoms with E-state index in [1.54, 1.807) is 30.7 Å². The predicted molar refractivity (Wildman–Crippen MR) is 80.0 cm³/mol. The van der Waals surface area contributed by atoms with Gasteiger partial charge >= 0.3 is 5.97 Å². The fourth-order valence-corrected chi connectivity index (χ4v) is 2.08. The zero-order valence-electron chi connectivity index (χ0n) is 12.2. The first-order valence-corrected chi connectivity index (χ1v) is 6.60. The molecule has 0 aliphatic rings. The molecule has 132 valence electrons. The van der Waals surface area contributed by atoms with Gasteiger partial charge in [0.05, 0.1) is 6.04 Å². The van der Waals surface area contributed by atoms with Gasteiger partial charge < -0.3 is 30.2 Å². The Morgan fingerprint density at radius 2 is 1.83 bits per heavy atom. The number of carbonyl (C=O) groups excluding carboxylic acids is 1. The van der Waals surface area contributed by atoms with Crippen LogP contribution in [-0.4, -0.2) is 34.3 Å². The molecule has 0 saturated heterocycles. The third kappa shape index (κ3) is 4.14. The van der Waals surface area contributed by atoms with Gasteiger partial charge in [0.1, 0.15) is 17.2 Å². The molecule has 0 heterocycles. The molecule has 2 rings (SSSR count). The number of hydrogen-bond donors (Lipinski definition) is 4. The molecule has 24 heavy (non-hydrogen) atoms. The molecule has 0 spiro atoms. The zero-order chi connectivity index (χ0) is 16.8. The van der Waals surface area contributed by atoms with Crippen LogP contribution in [0.1, 0.15) is 17.2 Å². The molecule has 4 N–H and O–H groups in total. The first kappa shape index (κ1) is 17.8. The number of nitrogens with one attached hydrogen (secondary N) is 1. The fourth-order valence-electron chi connectivity index (χ4n) is 2.08. The van der Waals surface area contributed by atoms with Crippen molar-refractivity contribution in [3.05, 3.63) is 53.6 Å². The molecule has 1 unspecified atom stereocenters. The van der Waals surface area contributed by atoms with Crippen molar-refractivity contribution < 1.29 is 29.6 Å². The average Bonchev–Trinajstić information content (AvgIpc) is 2.52.